The van der Waals surface area contributed by atoms with Gasteiger partial charge in [-0.05, 0) is 24.3 Å². The average Bonchev–Trinajstić information content (AvgIpc) is 2.71. The molecule has 0 bridgehead atoms. The lowest BCUT2D eigenvalue weighted by Gasteiger charge is -2.08. The summed E-state index contributed by atoms with van der Waals surface area (Å²) in [5.41, 5.74) is 1.20. The van der Waals surface area contributed by atoms with E-state index in [0.717, 1.165) is 10.6 Å². The topological polar surface area (TPSA) is 84.2 Å². The minimum atomic E-state index is -3.75. The highest BCUT2D eigenvalue weighted by Crippen LogP contribution is 2.21. The number of hydrogen-bond donors (Lipinski definition) is 3. The molecule has 4 N–H and O–H groups in total. The van der Waals surface area contributed by atoms with Gasteiger partial charge in [-0.15, -0.1) is 11.3 Å². The molecule has 0 saturated carbocycles. The van der Waals surface area contributed by atoms with Gasteiger partial charge in [0.1, 0.15) is 0 Å². The molecule has 0 atom stereocenters. The Morgan fingerprint density at radius 2 is 2.00 bits per heavy atom. The highest BCUT2D eigenvalue weighted by atomic mass is 35.5. The van der Waals surface area contributed by atoms with Gasteiger partial charge in [-0.25, -0.2) is 5.14 Å². The number of thiophene rings is 1. The molecule has 0 saturated heterocycles. The first-order chi connectivity index (χ1) is 8.92. The summed E-state index contributed by atoms with van der Waals surface area (Å²) < 4.78 is 24.1. The van der Waals surface area contributed by atoms with Crippen molar-refractivity contribution in [2.75, 3.05) is 10.0 Å². The van der Waals surface area contributed by atoms with Crippen LogP contribution in [0.1, 0.15) is 4.88 Å². The summed E-state index contributed by atoms with van der Waals surface area (Å²) in [5.74, 6) is 0. The molecular formula is C11H12ClN3O2S2. The summed E-state index contributed by atoms with van der Waals surface area (Å²) in [6, 6.07) is 8.74. The van der Waals surface area contributed by atoms with Gasteiger partial charge in [0.2, 0.25) is 0 Å². The summed E-state index contributed by atoms with van der Waals surface area (Å²) in [6.45, 7) is 0.621. The van der Waals surface area contributed by atoms with Gasteiger partial charge in [0, 0.05) is 22.5 Å². The molecule has 2 rings (SSSR count). The van der Waals surface area contributed by atoms with Crippen LogP contribution >= 0.6 is 22.9 Å². The standard InChI is InChI=1S/C11H12ClN3O2S2/c12-8-4-11(18-7-8)6-14-9-2-1-3-10(5-9)15-19(13,16)17/h1-5,7,14-15H,6H2,(H2,13,16,17). The molecule has 0 fully saturated rings. The normalized spacial score (nSPS) is 11.3. The van der Waals surface area contributed by atoms with Gasteiger partial charge in [0.05, 0.1) is 10.7 Å². The van der Waals surface area contributed by atoms with Gasteiger partial charge in [-0.2, -0.15) is 8.42 Å². The summed E-state index contributed by atoms with van der Waals surface area (Å²) >= 11 is 7.39. The third-order valence-electron chi connectivity index (χ3n) is 2.21. The lowest BCUT2D eigenvalue weighted by molar-refractivity contribution is 0.603. The minimum absolute atomic E-state index is 0.414. The van der Waals surface area contributed by atoms with Crippen molar-refractivity contribution < 1.29 is 8.42 Å². The maximum atomic E-state index is 10.9. The van der Waals surface area contributed by atoms with Gasteiger partial charge in [-0.3, -0.25) is 4.72 Å². The molecule has 0 radical (unpaired) electrons. The number of hydrogen-bond acceptors (Lipinski definition) is 4. The summed E-state index contributed by atoms with van der Waals surface area (Å²) in [7, 11) is -3.75. The van der Waals surface area contributed by atoms with Crippen molar-refractivity contribution in [3.63, 3.8) is 0 Å². The van der Waals surface area contributed by atoms with E-state index in [1.165, 1.54) is 0 Å². The van der Waals surface area contributed by atoms with Crippen LogP contribution in [0, 0.1) is 0 Å². The van der Waals surface area contributed by atoms with Crippen molar-refractivity contribution in [1.82, 2.24) is 0 Å². The molecule has 0 aliphatic rings. The van der Waals surface area contributed by atoms with E-state index in [9.17, 15) is 8.42 Å². The van der Waals surface area contributed by atoms with Gasteiger partial charge in [0.25, 0.3) is 10.2 Å². The van der Waals surface area contributed by atoms with Crippen LogP contribution in [0.3, 0.4) is 0 Å². The zero-order valence-corrected chi connectivity index (χ0v) is 12.1. The first-order valence-corrected chi connectivity index (χ1v) is 8.10. The Morgan fingerprint density at radius 1 is 1.26 bits per heavy atom. The average molecular weight is 318 g/mol. The molecule has 1 aromatic heterocycles. The number of benzene rings is 1. The van der Waals surface area contributed by atoms with Crippen LogP contribution in [0.2, 0.25) is 5.02 Å². The monoisotopic (exact) mass is 317 g/mol. The maximum absolute atomic E-state index is 10.9. The number of nitrogens with two attached hydrogens (primary N) is 1. The third kappa shape index (κ3) is 4.71. The Balaban J connectivity index is 2.03. The van der Waals surface area contributed by atoms with Gasteiger partial charge >= 0.3 is 0 Å². The van der Waals surface area contributed by atoms with E-state index in [4.69, 9.17) is 16.7 Å². The van der Waals surface area contributed by atoms with Crippen molar-refractivity contribution >= 4 is 44.5 Å². The van der Waals surface area contributed by atoms with Gasteiger partial charge in [-0.1, -0.05) is 17.7 Å². The molecule has 8 heteroatoms. The van der Waals surface area contributed by atoms with Crippen molar-refractivity contribution in [1.29, 1.82) is 0 Å². The molecule has 0 aliphatic carbocycles. The van der Waals surface area contributed by atoms with Crippen LogP contribution in [0.25, 0.3) is 0 Å². The quantitative estimate of drug-likeness (QED) is 0.792. The van der Waals surface area contributed by atoms with Gasteiger partial charge in [0.15, 0.2) is 0 Å². The fraction of sp³-hybridized carbons (Fsp3) is 0.0909. The SMILES string of the molecule is NS(=O)(=O)Nc1cccc(NCc2cc(Cl)cs2)c1. The summed E-state index contributed by atoms with van der Waals surface area (Å²) in [5, 5.41) is 10.7. The van der Waals surface area contributed by atoms with Gasteiger partial charge < -0.3 is 5.32 Å². The highest BCUT2D eigenvalue weighted by Gasteiger charge is 2.03. The molecule has 1 aromatic carbocycles. The molecule has 0 aliphatic heterocycles. The zero-order chi connectivity index (χ0) is 13.9. The van der Waals surface area contributed by atoms with Crippen LogP contribution in [0.4, 0.5) is 11.4 Å². The zero-order valence-electron chi connectivity index (χ0n) is 9.76. The molecule has 1 heterocycles. The van der Waals surface area contributed by atoms with E-state index in [1.807, 2.05) is 17.5 Å². The number of anilines is 2. The van der Waals surface area contributed by atoms with E-state index in [0.29, 0.717) is 17.3 Å². The van der Waals surface area contributed by atoms with Crippen LogP contribution in [-0.2, 0) is 16.8 Å². The molecule has 0 unspecified atom stereocenters. The maximum Gasteiger partial charge on any atom is 0.296 e. The molecule has 0 spiro atoms. The van der Waals surface area contributed by atoms with Crippen LogP contribution in [0.15, 0.2) is 35.7 Å². The fourth-order valence-corrected chi connectivity index (χ4v) is 2.96. The summed E-state index contributed by atoms with van der Waals surface area (Å²) in [4.78, 5) is 1.09. The first kappa shape index (κ1) is 14.1. The molecule has 5 nitrogen and oxygen atoms in total. The Labute approximate surface area is 120 Å². The minimum Gasteiger partial charge on any atom is -0.380 e. The van der Waals surface area contributed by atoms with E-state index in [2.05, 4.69) is 10.0 Å². The Bertz CT molecular complexity index is 670. The Morgan fingerprint density at radius 3 is 2.63 bits per heavy atom. The molecule has 0 amide bonds. The Kier molecular flexibility index (Phi) is 4.31. The molecular weight excluding hydrogens is 306 g/mol. The second-order valence-electron chi connectivity index (χ2n) is 3.81. The predicted molar refractivity (Wildman–Crippen MR) is 79.8 cm³/mol. The number of halogens is 1. The Hall–Kier alpha value is -1.28. The van der Waals surface area contributed by atoms with E-state index >= 15 is 0 Å². The first-order valence-electron chi connectivity index (χ1n) is 5.30. The van der Waals surface area contributed by atoms with Crippen molar-refractivity contribution in [2.45, 2.75) is 6.54 Å². The smallest absolute Gasteiger partial charge is 0.296 e. The number of rotatable bonds is 5. The van der Waals surface area contributed by atoms with Crippen LogP contribution < -0.4 is 15.2 Å². The predicted octanol–water partition coefficient (Wildman–Crippen LogP) is 2.63. The largest absolute Gasteiger partial charge is 0.380 e. The van der Waals surface area contributed by atoms with Crippen molar-refractivity contribution in [2.24, 2.45) is 5.14 Å². The van der Waals surface area contributed by atoms with Crippen molar-refractivity contribution in [3.05, 3.63) is 45.6 Å². The third-order valence-corrected chi connectivity index (χ3v) is 4.02. The van der Waals surface area contributed by atoms with Crippen LogP contribution in [0.5, 0.6) is 0 Å². The lowest BCUT2D eigenvalue weighted by atomic mass is 10.3. The number of nitrogens with one attached hydrogen (secondary N) is 2. The second-order valence-corrected chi connectivity index (χ2v) is 6.54. The highest BCUT2D eigenvalue weighted by molar-refractivity contribution is 7.90. The fourth-order valence-electron chi connectivity index (χ4n) is 1.49. The van der Waals surface area contributed by atoms with E-state index in [-0.39, 0.29) is 0 Å². The molecule has 102 valence electrons. The summed E-state index contributed by atoms with van der Waals surface area (Å²) in [6.07, 6.45) is 0. The van der Waals surface area contributed by atoms with E-state index < -0.39 is 10.2 Å². The van der Waals surface area contributed by atoms with Crippen molar-refractivity contribution in [3.8, 4) is 0 Å². The molecule has 19 heavy (non-hydrogen) atoms. The second kappa shape index (κ2) is 5.79. The van der Waals surface area contributed by atoms with Crippen LogP contribution in [-0.4, -0.2) is 8.42 Å². The molecule has 2 aromatic rings. The van der Waals surface area contributed by atoms with E-state index in [1.54, 1.807) is 29.5 Å². The lowest BCUT2D eigenvalue weighted by Crippen LogP contribution is -2.21.